The van der Waals surface area contributed by atoms with Crippen molar-refractivity contribution in [2.45, 2.75) is 6.92 Å². The molecule has 1 aromatic rings. The van der Waals surface area contributed by atoms with E-state index in [1.54, 1.807) is 0 Å². The van der Waals surface area contributed by atoms with E-state index in [0.29, 0.717) is 19.8 Å². The van der Waals surface area contributed by atoms with Gasteiger partial charge in [-0.25, -0.2) is 9.78 Å². The van der Waals surface area contributed by atoms with Gasteiger partial charge in [-0.15, -0.1) is 0 Å². The first-order chi connectivity index (χ1) is 7.65. The van der Waals surface area contributed by atoms with Crippen molar-refractivity contribution in [1.29, 1.82) is 0 Å². The molecule has 0 radical (unpaired) electrons. The molecule has 6 heteroatoms. The van der Waals surface area contributed by atoms with Crippen LogP contribution in [-0.4, -0.2) is 35.9 Å². The van der Waals surface area contributed by atoms with E-state index < -0.39 is 5.97 Å². The molecule has 0 saturated heterocycles. The topological polar surface area (TPSA) is 94.7 Å². The Balaban J connectivity index is 2.57. The molecule has 0 amide bonds. The molecule has 0 bridgehead atoms. The van der Waals surface area contributed by atoms with Crippen LogP contribution >= 0.6 is 0 Å². The fourth-order valence-electron chi connectivity index (χ4n) is 1.05. The Labute approximate surface area is 93.0 Å². The normalized spacial score (nSPS) is 10.1. The van der Waals surface area contributed by atoms with Gasteiger partial charge in [-0.1, -0.05) is 0 Å². The van der Waals surface area contributed by atoms with Crippen molar-refractivity contribution < 1.29 is 19.4 Å². The van der Waals surface area contributed by atoms with Gasteiger partial charge in [0.05, 0.1) is 17.9 Å². The van der Waals surface area contributed by atoms with Gasteiger partial charge in [0.1, 0.15) is 6.61 Å². The molecule has 1 rings (SSSR count). The lowest BCUT2D eigenvalue weighted by Crippen LogP contribution is -2.09. The number of carboxylic acids is 1. The summed E-state index contributed by atoms with van der Waals surface area (Å²) in [5.74, 6) is -0.843. The van der Waals surface area contributed by atoms with E-state index >= 15 is 0 Å². The fraction of sp³-hybridized carbons (Fsp3) is 0.400. The Morgan fingerprint density at radius 3 is 2.88 bits per heavy atom. The summed E-state index contributed by atoms with van der Waals surface area (Å²) in [7, 11) is 0. The number of pyridine rings is 1. The Bertz CT molecular complexity index is 368. The molecular weight excluding hydrogens is 212 g/mol. The molecule has 1 aromatic heterocycles. The number of nitrogens with two attached hydrogens (primary N) is 1. The zero-order valence-corrected chi connectivity index (χ0v) is 8.97. The molecule has 1 heterocycles. The molecule has 0 saturated carbocycles. The second-order valence-electron chi connectivity index (χ2n) is 2.97. The molecule has 88 valence electrons. The number of nitrogen functional groups attached to an aromatic ring is 1. The summed E-state index contributed by atoms with van der Waals surface area (Å²) in [5, 5.41) is 8.69. The summed E-state index contributed by atoms with van der Waals surface area (Å²) in [6.07, 6.45) is 1.20. The second kappa shape index (κ2) is 5.92. The van der Waals surface area contributed by atoms with Crippen LogP contribution in [0.3, 0.4) is 0 Å². The highest BCUT2D eigenvalue weighted by atomic mass is 16.5. The van der Waals surface area contributed by atoms with Crippen LogP contribution in [0.4, 0.5) is 5.69 Å². The molecular formula is C10H14N2O4. The van der Waals surface area contributed by atoms with Gasteiger partial charge in [0, 0.05) is 12.8 Å². The van der Waals surface area contributed by atoms with Gasteiger partial charge in [0.15, 0.2) is 0 Å². The van der Waals surface area contributed by atoms with Gasteiger partial charge in [-0.3, -0.25) is 0 Å². The van der Waals surface area contributed by atoms with E-state index in [2.05, 4.69) is 4.98 Å². The predicted octanol–water partition coefficient (Wildman–Crippen LogP) is 0.777. The van der Waals surface area contributed by atoms with E-state index in [-0.39, 0.29) is 17.1 Å². The number of rotatable bonds is 6. The molecule has 0 unspecified atom stereocenters. The van der Waals surface area contributed by atoms with Crippen LogP contribution in [0.1, 0.15) is 17.3 Å². The van der Waals surface area contributed by atoms with Crippen LogP contribution in [-0.2, 0) is 4.74 Å². The number of hydrogen-bond acceptors (Lipinski definition) is 5. The van der Waals surface area contributed by atoms with Crippen molar-refractivity contribution in [2.24, 2.45) is 0 Å². The van der Waals surface area contributed by atoms with Crippen LogP contribution in [0.15, 0.2) is 12.3 Å². The number of aromatic carboxylic acids is 1. The molecule has 3 N–H and O–H groups in total. The van der Waals surface area contributed by atoms with Gasteiger partial charge in [0.2, 0.25) is 5.88 Å². The third kappa shape index (κ3) is 3.39. The van der Waals surface area contributed by atoms with E-state index in [4.69, 9.17) is 20.3 Å². The maximum absolute atomic E-state index is 10.6. The lowest BCUT2D eigenvalue weighted by atomic mass is 10.2. The van der Waals surface area contributed by atoms with Crippen molar-refractivity contribution in [3.8, 4) is 5.88 Å². The maximum Gasteiger partial charge on any atom is 0.337 e. The average molecular weight is 226 g/mol. The fourth-order valence-corrected chi connectivity index (χ4v) is 1.05. The summed E-state index contributed by atoms with van der Waals surface area (Å²) in [5.41, 5.74) is 5.82. The molecule has 16 heavy (non-hydrogen) atoms. The zero-order valence-electron chi connectivity index (χ0n) is 8.97. The lowest BCUT2D eigenvalue weighted by molar-refractivity contribution is 0.0696. The highest BCUT2D eigenvalue weighted by molar-refractivity contribution is 5.88. The zero-order chi connectivity index (χ0) is 12.0. The minimum Gasteiger partial charge on any atom is -0.478 e. The molecule has 0 atom stereocenters. The summed E-state index contributed by atoms with van der Waals surface area (Å²) in [4.78, 5) is 14.4. The summed E-state index contributed by atoms with van der Waals surface area (Å²) < 4.78 is 10.3. The van der Waals surface area contributed by atoms with Crippen molar-refractivity contribution in [3.63, 3.8) is 0 Å². The summed E-state index contributed by atoms with van der Waals surface area (Å²) >= 11 is 0. The van der Waals surface area contributed by atoms with Gasteiger partial charge < -0.3 is 20.3 Å². The SMILES string of the molecule is CCOCCOc1ncc(C(=O)O)cc1N. The summed E-state index contributed by atoms with van der Waals surface area (Å²) in [6, 6.07) is 1.31. The van der Waals surface area contributed by atoms with Crippen LogP contribution in [0.5, 0.6) is 5.88 Å². The van der Waals surface area contributed by atoms with Crippen LogP contribution in [0.2, 0.25) is 0 Å². The smallest absolute Gasteiger partial charge is 0.337 e. The number of hydrogen-bond donors (Lipinski definition) is 2. The second-order valence-corrected chi connectivity index (χ2v) is 2.97. The van der Waals surface area contributed by atoms with E-state index in [1.807, 2.05) is 6.92 Å². The molecule has 6 nitrogen and oxygen atoms in total. The highest BCUT2D eigenvalue weighted by Gasteiger charge is 2.08. The Morgan fingerprint density at radius 1 is 1.56 bits per heavy atom. The minimum atomic E-state index is -1.07. The standard InChI is InChI=1S/C10H14N2O4/c1-2-15-3-4-16-9-8(11)5-7(6-12-9)10(13)14/h5-6H,2-4,11H2,1H3,(H,13,14). The Kier molecular flexibility index (Phi) is 4.53. The average Bonchev–Trinajstić information content (AvgIpc) is 2.26. The monoisotopic (exact) mass is 226 g/mol. The molecule has 0 aliphatic carbocycles. The summed E-state index contributed by atoms with van der Waals surface area (Å²) in [6.45, 7) is 3.27. The molecule has 0 fully saturated rings. The van der Waals surface area contributed by atoms with Crippen LogP contribution in [0, 0.1) is 0 Å². The maximum atomic E-state index is 10.6. The molecule has 0 aliphatic heterocycles. The third-order valence-electron chi connectivity index (χ3n) is 1.80. The van der Waals surface area contributed by atoms with E-state index in [1.165, 1.54) is 12.3 Å². The Hall–Kier alpha value is -1.82. The molecule has 0 aromatic carbocycles. The minimum absolute atomic E-state index is 0.0367. The number of aromatic nitrogens is 1. The van der Waals surface area contributed by atoms with Crippen LogP contribution < -0.4 is 10.5 Å². The molecule has 0 spiro atoms. The third-order valence-corrected chi connectivity index (χ3v) is 1.80. The lowest BCUT2D eigenvalue weighted by Gasteiger charge is -2.07. The van der Waals surface area contributed by atoms with E-state index in [9.17, 15) is 4.79 Å². The first-order valence-electron chi connectivity index (χ1n) is 4.84. The van der Waals surface area contributed by atoms with Gasteiger partial charge in [-0.2, -0.15) is 0 Å². The first-order valence-corrected chi connectivity index (χ1v) is 4.84. The van der Waals surface area contributed by atoms with Crippen molar-refractivity contribution >= 4 is 11.7 Å². The predicted molar refractivity (Wildman–Crippen MR) is 57.6 cm³/mol. The van der Waals surface area contributed by atoms with Gasteiger partial charge >= 0.3 is 5.97 Å². The highest BCUT2D eigenvalue weighted by Crippen LogP contribution is 2.18. The molecule has 0 aliphatic rings. The number of nitrogens with zero attached hydrogens (tertiary/aromatic N) is 1. The quantitative estimate of drug-likeness (QED) is 0.696. The number of carboxylic acid groups (broad SMARTS) is 1. The van der Waals surface area contributed by atoms with Gasteiger partial charge in [0.25, 0.3) is 0 Å². The van der Waals surface area contributed by atoms with E-state index in [0.717, 1.165) is 0 Å². The van der Waals surface area contributed by atoms with Gasteiger partial charge in [-0.05, 0) is 13.0 Å². The first kappa shape index (κ1) is 12.3. The van der Waals surface area contributed by atoms with Crippen molar-refractivity contribution in [3.05, 3.63) is 17.8 Å². The number of ether oxygens (including phenoxy) is 2. The number of anilines is 1. The van der Waals surface area contributed by atoms with Crippen molar-refractivity contribution in [1.82, 2.24) is 4.98 Å². The Morgan fingerprint density at radius 2 is 2.31 bits per heavy atom. The largest absolute Gasteiger partial charge is 0.478 e. The van der Waals surface area contributed by atoms with Crippen molar-refractivity contribution in [2.75, 3.05) is 25.6 Å². The number of carbonyl (C=O) groups is 1. The van der Waals surface area contributed by atoms with Crippen LogP contribution in [0.25, 0.3) is 0 Å².